The van der Waals surface area contributed by atoms with Crippen LogP contribution in [0.4, 0.5) is 5.95 Å². The van der Waals surface area contributed by atoms with Gasteiger partial charge in [0.25, 0.3) is 0 Å². The Hall–Kier alpha value is -2.10. The number of nitrogens with two attached hydrogens (primary N) is 1. The third-order valence-corrected chi connectivity index (χ3v) is 3.18. The molecule has 0 bridgehead atoms. The average Bonchev–Trinajstić information content (AvgIpc) is 2.39. The van der Waals surface area contributed by atoms with Gasteiger partial charge in [0.1, 0.15) is 0 Å². The lowest BCUT2D eigenvalue weighted by atomic mass is 9.89. The Kier molecular flexibility index (Phi) is 2.63. The molecule has 0 saturated heterocycles. The van der Waals surface area contributed by atoms with Gasteiger partial charge in [-0.1, -0.05) is 24.3 Å². The second-order valence-corrected chi connectivity index (χ2v) is 4.30. The van der Waals surface area contributed by atoms with E-state index in [1.807, 2.05) is 13.0 Å². The van der Waals surface area contributed by atoms with Crippen molar-refractivity contribution in [2.45, 2.75) is 19.8 Å². The van der Waals surface area contributed by atoms with Gasteiger partial charge in [0.05, 0.1) is 12.3 Å². The largest absolute Gasteiger partial charge is 0.478 e. The SMILES string of the molecule is CCOc1nc(N)nc2c1CCc1ccccc1-2. The van der Waals surface area contributed by atoms with E-state index in [1.165, 1.54) is 5.56 Å². The number of hydrogen-bond acceptors (Lipinski definition) is 4. The Balaban J connectivity index is 2.21. The molecule has 0 amide bonds. The third kappa shape index (κ3) is 1.70. The minimum absolute atomic E-state index is 0.272. The molecule has 1 aliphatic carbocycles. The van der Waals surface area contributed by atoms with E-state index in [2.05, 4.69) is 28.2 Å². The predicted octanol–water partition coefficient (Wildman–Crippen LogP) is 2.22. The second-order valence-electron chi connectivity index (χ2n) is 4.30. The van der Waals surface area contributed by atoms with Gasteiger partial charge in [-0.25, -0.2) is 4.98 Å². The summed E-state index contributed by atoms with van der Waals surface area (Å²) in [6.07, 6.45) is 1.90. The van der Waals surface area contributed by atoms with Crippen molar-refractivity contribution in [3.8, 4) is 17.1 Å². The van der Waals surface area contributed by atoms with Crippen LogP contribution in [0.15, 0.2) is 24.3 Å². The number of nitrogen functional groups attached to an aromatic ring is 1. The minimum atomic E-state index is 0.272. The molecule has 1 aromatic carbocycles. The molecule has 0 fully saturated rings. The molecule has 0 atom stereocenters. The fourth-order valence-corrected chi connectivity index (χ4v) is 2.41. The number of rotatable bonds is 2. The van der Waals surface area contributed by atoms with Crippen molar-refractivity contribution in [1.29, 1.82) is 0 Å². The molecule has 2 N–H and O–H groups in total. The zero-order valence-corrected chi connectivity index (χ0v) is 10.3. The van der Waals surface area contributed by atoms with Gasteiger partial charge in [0, 0.05) is 11.1 Å². The zero-order chi connectivity index (χ0) is 12.5. The molecular formula is C14H15N3O. The molecule has 3 rings (SSSR count). The van der Waals surface area contributed by atoms with E-state index >= 15 is 0 Å². The van der Waals surface area contributed by atoms with Crippen LogP contribution in [-0.2, 0) is 12.8 Å². The normalized spacial score (nSPS) is 12.7. The summed E-state index contributed by atoms with van der Waals surface area (Å²) >= 11 is 0. The summed E-state index contributed by atoms with van der Waals surface area (Å²) in [6.45, 7) is 2.53. The summed E-state index contributed by atoms with van der Waals surface area (Å²) in [6, 6.07) is 8.29. The van der Waals surface area contributed by atoms with Gasteiger partial charge in [0.15, 0.2) is 0 Å². The summed E-state index contributed by atoms with van der Waals surface area (Å²) in [5.41, 5.74) is 10.2. The van der Waals surface area contributed by atoms with Gasteiger partial charge in [0.2, 0.25) is 11.8 Å². The molecule has 92 valence electrons. The minimum Gasteiger partial charge on any atom is -0.478 e. The molecule has 1 heterocycles. The smallest absolute Gasteiger partial charge is 0.223 e. The lowest BCUT2D eigenvalue weighted by Gasteiger charge is -2.20. The third-order valence-electron chi connectivity index (χ3n) is 3.18. The second kappa shape index (κ2) is 4.29. The van der Waals surface area contributed by atoms with Crippen LogP contribution in [0.1, 0.15) is 18.1 Å². The first-order valence-electron chi connectivity index (χ1n) is 6.17. The van der Waals surface area contributed by atoms with Crippen molar-refractivity contribution in [3.05, 3.63) is 35.4 Å². The summed E-state index contributed by atoms with van der Waals surface area (Å²) < 4.78 is 5.57. The van der Waals surface area contributed by atoms with Crippen LogP contribution in [0, 0.1) is 0 Å². The van der Waals surface area contributed by atoms with E-state index in [-0.39, 0.29) is 5.95 Å². The fraction of sp³-hybridized carbons (Fsp3) is 0.286. The molecule has 0 unspecified atom stereocenters. The summed E-state index contributed by atoms with van der Waals surface area (Å²) in [5, 5.41) is 0. The first-order chi connectivity index (χ1) is 8.79. The highest BCUT2D eigenvalue weighted by molar-refractivity contribution is 5.71. The number of anilines is 1. The Morgan fingerprint density at radius 2 is 2.06 bits per heavy atom. The van der Waals surface area contributed by atoms with E-state index < -0.39 is 0 Å². The van der Waals surface area contributed by atoms with E-state index in [4.69, 9.17) is 10.5 Å². The number of aromatic nitrogens is 2. The first kappa shape index (κ1) is 11.0. The van der Waals surface area contributed by atoms with Crippen LogP contribution >= 0.6 is 0 Å². The molecule has 4 nitrogen and oxygen atoms in total. The van der Waals surface area contributed by atoms with Gasteiger partial charge < -0.3 is 10.5 Å². The van der Waals surface area contributed by atoms with Gasteiger partial charge in [-0.05, 0) is 25.3 Å². The summed E-state index contributed by atoms with van der Waals surface area (Å²) in [7, 11) is 0. The first-order valence-corrected chi connectivity index (χ1v) is 6.17. The monoisotopic (exact) mass is 241 g/mol. The predicted molar refractivity (Wildman–Crippen MR) is 70.5 cm³/mol. The zero-order valence-electron chi connectivity index (χ0n) is 10.3. The number of fused-ring (bicyclic) bond motifs is 3. The molecular weight excluding hydrogens is 226 g/mol. The van der Waals surface area contributed by atoms with Crippen LogP contribution < -0.4 is 10.5 Å². The van der Waals surface area contributed by atoms with Crippen LogP contribution in [0.2, 0.25) is 0 Å². The van der Waals surface area contributed by atoms with E-state index in [0.717, 1.165) is 29.7 Å². The highest BCUT2D eigenvalue weighted by atomic mass is 16.5. The Labute approximate surface area is 106 Å². The van der Waals surface area contributed by atoms with Crippen molar-refractivity contribution in [2.75, 3.05) is 12.3 Å². The highest BCUT2D eigenvalue weighted by Crippen LogP contribution is 2.36. The summed E-state index contributed by atoms with van der Waals surface area (Å²) in [4.78, 5) is 8.58. The standard InChI is InChI=1S/C14H15N3O/c1-2-18-13-11-8-7-9-5-3-4-6-10(9)12(11)16-14(15)17-13/h3-6H,2,7-8H2,1H3,(H2,15,16,17). The van der Waals surface area contributed by atoms with Gasteiger partial charge in [-0.3, -0.25) is 0 Å². The Morgan fingerprint density at radius 3 is 2.89 bits per heavy atom. The Morgan fingerprint density at radius 1 is 1.22 bits per heavy atom. The average molecular weight is 241 g/mol. The summed E-state index contributed by atoms with van der Waals surface area (Å²) in [5.74, 6) is 0.906. The van der Waals surface area contributed by atoms with E-state index in [1.54, 1.807) is 0 Å². The topological polar surface area (TPSA) is 61.0 Å². The molecule has 0 aliphatic heterocycles. The molecule has 1 aromatic heterocycles. The van der Waals surface area contributed by atoms with E-state index in [9.17, 15) is 0 Å². The lowest BCUT2D eigenvalue weighted by molar-refractivity contribution is 0.323. The van der Waals surface area contributed by atoms with Crippen molar-refractivity contribution in [3.63, 3.8) is 0 Å². The molecule has 1 aliphatic rings. The molecule has 18 heavy (non-hydrogen) atoms. The molecule has 4 heteroatoms. The molecule has 0 spiro atoms. The number of hydrogen-bond donors (Lipinski definition) is 1. The van der Waals surface area contributed by atoms with Crippen molar-refractivity contribution in [2.24, 2.45) is 0 Å². The lowest BCUT2D eigenvalue weighted by Crippen LogP contribution is -2.12. The van der Waals surface area contributed by atoms with Crippen molar-refractivity contribution < 1.29 is 4.74 Å². The van der Waals surface area contributed by atoms with Gasteiger partial charge >= 0.3 is 0 Å². The maximum atomic E-state index is 5.77. The highest BCUT2D eigenvalue weighted by Gasteiger charge is 2.22. The van der Waals surface area contributed by atoms with Crippen LogP contribution in [0.25, 0.3) is 11.3 Å². The maximum Gasteiger partial charge on any atom is 0.223 e. The van der Waals surface area contributed by atoms with Crippen molar-refractivity contribution in [1.82, 2.24) is 9.97 Å². The van der Waals surface area contributed by atoms with E-state index in [0.29, 0.717) is 12.5 Å². The van der Waals surface area contributed by atoms with Gasteiger partial charge in [-0.15, -0.1) is 0 Å². The molecule has 0 saturated carbocycles. The number of benzene rings is 1. The molecule has 2 aromatic rings. The Bertz CT molecular complexity index is 596. The number of aryl methyl sites for hydroxylation is 1. The van der Waals surface area contributed by atoms with Crippen LogP contribution in [0.3, 0.4) is 0 Å². The molecule has 0 radical (unpaired) electrons. The van der Waals surface area contributed by atoms with Crippen LogP contribution in [-0.4, -0.2) is 16.6 Å². The van der Waals surface area contributed by atoms with Crippen LogP contribution in [0.5, 0.6) is 5.88 Å². The van der Waals surface area contributed by atoms with Gasteiger partial charge in [-0.2, -0.15) is 4.98 Å². The fourth-order valence-electron chi connectivity index (χ4n) is 2.41. The van der Waals surface area contributed by atoms with Crippen molar-refractivity contribution >= 4 is 5.95 Å². The number of nitrogens with zero attached hydrogens (tertiary/aromatic N) is 2. The quantitative estimate of drug-likeness (QED) is 0.875. The maximum absolute atomic E-state index is 5.77. The number of ether oxygens (including phenoxy) is 1.